The molecule has 0 radical (unpaired) electrons. The fraction of sp³-hybridized carbons (Fsp3) is 0.583. The molecule has 6 heteroatoms. The number of carbonyl (C=O) groups excluding carboxylic acids is 2. The van der Waals surface area contributed by atoms with E-state index in [1.165, 1.54) is 11.7 Å². The molecule has 6 nitrogen and oxygen atoms in total. The molecule has 1 unspecified atom stereocenters. The Bertz CT molecular complexity index is 414. The van der Waals surface area contributed by atoms with Gasteiger partial charge >= 0.3 is 5.97 Å². The highest BCUT2D eigenvalue weighted by atomic mass is 16.5. The van der Waals surface area contributed by atoms with Gasteiger partial charge in [-0.05, 0) is 19.4 Å². The first kappa shape index (κ1) is 14.2. The van der Waals surface area contributed by atoms with Crippen LogP contribution in [0.3, 0.4) is 0 Å². The van der Waals surface area contributed by atoms with Crippen molar-refractivity contribution < 1.29 is 14.3 Å². The van der Waals surface area contributed by atoms with Crippen LogP contribution in [-0.4, -0.2) is 35.3 Å². The number of nitrogens with zero attached hydrogens (tertiary/aromatic N) is 2. The molecule has 0 aliphatic heterocycles. The number of esters is 1. The lowest BCUT2D eigenvalue weighted by molar-refractivity contribution is -0.147. The zero-order chi connectivity index (χ0) is 13.5. The van der Waals surface area contributed by atoms with Gasteiger partial charge in [-0.1, -0.05) is 13.3 Å². The molecule has 1 aromatic heterocycles. The molecule has 1 aromatic rings. The van der Waals surface area contributed by atoms with Gasteiger partial charge in [0.2, 0.25) is 0 Å². The van der Waals surface area contributed by atoms with Gasteiger partial charge in [-0.2, -0.15) is 5.10 Å². The van der Waals surface area contributed by atoms with Crippen molar-refractivity contribution in [2.75, 3.05) is 13.7 Å². The highest BCUT2D eigenvalue weighted by molar-refractivity contribution is 5.91. The van der Waals surface area contributed by atoms with Crippen molar-refractivity contribution in [3.63, 3.8) is 0 Å². The third-order valence-corrected chi connectivity index (χ3v) is 2.51. The van der Waals surface area contributed by atoms with Crippen LogP contribution < -0.4 is 5.32 Å². The molecule has 0 aliphatic carbocycles. The minimum atomic E-state index is -0.464. The summed E-state index contributed by atoms with van der Waals surface area (Å²) in [6.07, 6.45) is 3.09. The van der Waals surface area contributed by atoms with Crippen LogP contribution in [0.15, 0.2) is 12.3 Å². The number of nitrogens with one attached hydrogen (secondary N) is 1. The Labute approximate surface area is 106 Å². The molecule has 0 aromatic carbocycles. The zero-order valence-electron chi connectivity index (χ0n) is 11.0. The largest absolute Gasteiger partial charge is 0.464 e. The van der Waals surface area contributed by atoms with E-state index >= 15 is 0 Å². The van der Waals surface area contributed by atoms with Gasteiger partial charge in [-0.25, -0.2) is 4.79 Å². The van der Waals surface area contributed by atoms with E-state index in [9.17, 15) is 9.59 Å². The molecule has 1 rings (SSSR count). The molecule has 0 aliphatic rings. The van der Waals surface area contributed by atoms with Gasteiger partial charge in [-0.15, -0.1) is 0 Å². The van der Waals surface area contributed by atoms with Gasteiger partial charge in [0.25, 0.3) is 5.91 Å². The summed E-state index contributed by atoms with van der Waals surface area (Å²) in [7, 11) is 1.54. The highest BCUT2D eigenvalue weighted by Crippen LogP contribution is 2.15. The van der Waals surface area contributed by atoms with Crippen molar-refractivity contribution in [3.8, 4) is 0 Å². The van der Waals surface area contributed by atoms with Crippen LogP contribution in [0.4, 0.5) is 0 Å². The Morgan fingerprint density at radius 1 is 1.50 bits per heavy atom. The normalized spacial score (nSPS) is 11.9. The van der Waals surface area contributed by atoms with E-state index in [0.29, 0.717) is 18.7 Å². The van der Waals surface area contributed by atoms with Crippen molar-refractivity contribution in [3.05, 3.63) is 18.0 Å². The summed E-state index contributed by atoms with van der Waals surface area (Å²) in [5.41, 5.74) is 0.294. The Morgan fingerprint density at radius 2 is 2.22 bits per heavy atom. The van der Waals surface area contributed by atoms with Gasteiger partial charge < -0.3 is 10.1 Å². The molecule has 0 fully saturated rings. The lowest BCUT2D eigenvalue weighted by Crippen LogP contribution is -2.24. The van der Waals surface area contributed by atoms with E-state index in [2.05, 4.69) is 10.4 Å². The van der Waals surface area contributed by atoms with Crippen LogP contribution in [0, 0.1) is 0 Å². The SMILES string of the molecule is CCCC(C(=O)OCC)n1ccc(C(=O)NC)n1. The highest BCUT2D eigenvalue weighted by Gasteiger charge is 2.22. The minimum Gasteiger partial charge on any atom is -0.464 e. The van der Waals surface area contributed by atoms with Crippen LogP contribution in [0.5, 0.6) is 0 Å². The van der Waals surface area contributed by atoms with Crippen molar-refractivity contribution in [1.82, 2.24) is 15.1 Å². The first-order valence-corrected chi connectivity index (χ1v) is 6.07. The summed E-state index contributed by atoms with van der Waals surface area (Å²) in [5, 5.41) is 6.60. The average molecular weight is 253 g/mol. The molecular formula is C12H19N3O3. The molecule has 1 atom stereocenters. The number of carbonyl (C=O) groups is 2. The average Bonchev–Trinajstić information content (AvgIpc) is 2.84. The Morgan fingerprint density at radius 3 is 2.78 bits per heavy atom. The zero-order valence-corrected chi connectivity index (χ0v) is 11.0. The Balaban J connectivity index is 2.88. The second-order valence-corrected chi connectivity index (χ2v) is 3.82. The maximum Gasteiger partial charge on any atom is 0.330 e. The molecule has 0 saturated carbocycles. The number of amides is 1. The summed E-state index contributed by atoms with van der Waals surface area (Å²) in [6.45, 7) is 4.08. The molecule has 0 bridgehead atoms. The summed E-state index contributed by atoms with van der Waals surface area (Å²) in [4.78, 5) is 23.2. The number of aromatic nitrogens is 2. The Kier molecular flexibility index (Phi) is 5.35. The molecular weight excluding hydrogens is 234 g/mol. The van der Waals surface area contributed by atoms with Crippen molar-refractivity contribution in [2.24, 2.45) is 0 Å². The van der Waals surface area contributed by atoms with Crippen LogP contribution in [0.1, 0.15) is 43.2 Å². The summed E-state index contributed by atoms with van der Waals surface area (Å²) < 4.78 is 6.50. The van der Waals surface area contributed by atoms with Crippen LogP contribution in [0.2, 0.25) is 0 Å². The third-order valence-electron chi connectivity index (χ3n) is 2.51. The fourth-order valence-corrected chi connectivity index (χ4v) is 1.63. The first-order chi connectivity index (χ1) is 8.63. The topological polar surface area (TPSA) is 73.2 Å². The standard InChI is InChI=1S/C12H19N3O3/c1-4-6-10(12(17)18-5-2)15-8-7-9(14-15)11(16)13-3/h7-8,10H,4-6H2,1-3H3,(H,13,16). The Hall–Kier alpha value is -1.85. The van der Waals surface area contributed by atoms with Gasteiger partial charge in [0.15, 0.2) is 0 Å². The minimum absolute atomic E-state index is 0.271. The summed E-state index contributed by atoms with van der Waals surface area (Å²) in [5.74, 6) is -0.584. The molecule has 1 N–H and O–H groups in total. The molecule has 100 valence electrons. The van der Waals surface area contributed by atoms with Gasteiger partial charge in [0.05, 0.1) is 6.61 Å². The van der Waals surface area contributed by atoms with Crippen molar-refractivity contribution in [2.45, 2.75) is 32.7 Å². The second kappa shape index (κ2) is 6.78. The first-order valence-electron chi connectivity index (χ1n) is 6.07. The van der Waals surface area contributed by atoms with Gasteiger partial charge in [0, 0.05) is 13.2 Å². The number of hydrogen-bond acceptors (Lipinski definition) is 4. The van der Waals surface area contributed by atoms with Crippen molar-refractivity contribution >= 4 is 11.9 Å². The van der Waals surface area contributed by atoms with E-state index in [0.717, 1.165) is 6.42 Å². The monoisotopic (exact) mass is 253 g/mol. The molecule has 1 heterocycles. The maximum atomic E-state index is 11.8. The van der Waals surface area contributed by atoms with E-state index in [4.69, 9.17) is 4.74 Å². The smallest absolute Gasteiger partial charge is 0.330 e. The lowest BCUT2D eigenvalue weighted by atomic mass is 10.2. The molecule has 0 spiro atoms. The lowest BCUT2D eigenvalue weighted by Gasteiger charge is -2.14. The molecule has 18 heavy (non-hydrogen) atoms. The number of rotatable bonds is 6. The number of ether oxygens (including phenoxy) is 1. The van der Waals surface area contributed by atoms with Gasteiger partial charge in [-0.3, -0.25) is 9.48 Å². The van der Waals surface area contributed by atoms with Crippen LogP contribution in [-0.2, 0) is 9.53 Å². The van der Waals surface area contributed by atoms with Gasteiger partial charge in [0.1, 0.15) is 11.7 Å². The van der Waals surface area contributed by atoms with Crippen LogP contribution >= 0.6 is 0 Å². The van der Waals surface area contributed by atoms with E-state index in [-0.39, 0.29) is 11.9 Å². The second-order valence-electron chi connectivity index (χ2n) is 3.82. The van der Waals surface area contributed by atoms with Crippen LogP contribution in [0.25, 0.3) is 0 Å². The molecule has 0 saturated heterocycles. The fourth-order valence-electron chi connectivity index (χ4n) is 1.63. The summed E-state index contributed by atoms with van der Waals surface area (Å²) >= 11 is 0. The quantitative estimate of drug-likeness (QED) is 0.772. The predicted molar refractivity (Wildman–Crippen MR) is 66.2 cm³/mol. The summed E-state index contributed by atoms with van der Waals surface area (Å²) in [6, 6.07) is 1.12. The van der Waals surface area contributed by atoms with E-state index < -0.39 is 6.04 Å². The predicted octanol–water partition coefficient (Wildman–Crippen LogP) is 1.15. The number of hydrogen-bond donors (Lipinski definition) is 1. The maximum absolute atomic E-state index is 11.8. The van der Waals surface area contributed by atoms with E-state index in [1.54, 1.807) is 19.2 Å². The van der Waals surface area contributed by atoms with Crippen molar-refractivity contribution in [1.29, 1.82) is 0 Å². The van der Waals surface area contributed by atoms with E-state index in [1.807, 2.05) is 6.92 Å². The molecule has 1 amide bonds. The third kappa shape index (κ3) is 3.32.